The highest BCUT2D eigenvalue weighted by atomic mass is 16.5. The first kappa shape index (κ1) is 25.6. The molecule has 0 aliphatic carbocycles. The van der Waals surface area contributed by atoms with Crippen molar-refractivity contribution in [3.05, 3.63) is 88.1 Å². The lowest BCUT2D eigenvalue weighted by molar-refractivity contribution is -0.120. The molecule has 1 aliphatic heterocycles. The molecule has 0 spiro atoms. The Hall–Kier alpha value is -4.00. The number of hydrogen-bond acceptors (Lipinski definition) is 5. The van der Waals surface area contributed by atoms with Crippen molar-refractivity contribution in [3.63, 3.8) is 0 Å². The number of hydrogen-bond donors (Lipinski definition) is 1. The minimum atomic E-state index is 0.0362. The van der Waals surface area contributed by atoms with Gasteiger partial charge in [0.05, 0.1) is 28.8 Å². The summed E-state index contributed by atoms with van der Waals surface area (Å²) in [6, 6.07) is 17.2. The van der Waals surface area contributed by atoms with Crippen LogP contribution in [0.25, 0.3) is 16.8 Å². The number of carbonyl (C=O) groups is 1. The smallest absolute Gasteiger partial charge is 0.219 e. The first-order valence-corrected chi connectivity index (χ1v) is 13.2. The maximum Gasteiger partial charge on any atom is 0.219 e. The molecule has 5 rings (SSSR count). The van der Waals surface area contributed by atoms with Gasteiger partial charge in [-0.3, -0.25) is 9.79 Å². The zero-order chi connectivity index (χ0) is 27.0. The molecule has 2 aromatic heterocycles. The van der Waals surface area contributed by atoms with E-state index in [1.807, 2.05) is 25.5 Å². The highest BCUT2D eigenvalue weighted by molar-refractivity contribution is 6.14. The van der Waals surface area contributed by atoms with Gasteiger partial charge in [0.15, 0.2) is 0 Å². The fourth-order valence-electron chi connectivity index (χ4n) is 5.50. The van der Waals surface area contributed by atoms with Crippen molar-refractivity contribution < 1.29 is 9.32 Å². The van der Waals surface area contributed by atoms with Crippen LogP contribution in [0.5, 0.6) is 0 Å². The van der Waals surface area contributed by atoms with E-state index in [1.54, 1.807) is 7.05 Å². The number of amides is 1. The molecular weight excluding hydrogens is 474 g/mol. The van der Waals surface area contributed by atoms with Crippen molar-refractivity contribution in [2.45, 2.75) is 59.9 Å². The van der Waals surface area contributed by atoms with Crippen molar-refractivity contribution in [3.8, 4) is 16.8 Å². The number of aryl methyl sites for hydroxylation is 4. The Labute approximate surface area is 224 Å². The molecule has 2 atom stereocenters. The van der Waals surface area contributed by atoms with E-state index in [9.17, 15) is 4.79 Å². The topological polar surface area (TPSA) is 85.3 Å². The third-order valence-electron chi connectivity index (χ3n) is 7.52. The van der Waals surface area contributed by atoms with Crippen LogP contribution in [0.4, 0.5) is 0 Å². The molecule has 0 fully saturated rings. The number of fused-ring (bicyclic) bond motifs is 1. The highest BCUT2D eigenvalue weighted by Gasteiger charge is 2.26. The first-order chi connectivity index (χ1) is 18.2. The third-order valence-corrected chi connectivity index (χ3v) is 7.52. The lowest BCUT2D eigenvalue weighted by Gasteiger charge is -2.18. The zero-order valence-corrected chi connectivity index (χ0v) is 23.0. The van der Waals surface area contributed by atoms with Gasteiger partial charge in [0.25, 0.3) is 0 Å². The summed E-state index contributed by atoms with van der Waals surface area (Å²) < 4.78 is 7.38. The number of rotatable bonds is 6. The van der Waals surface area contributed by atoms with E-state index in [2.05, 4.69) is 72.9 Å². The molecule has 0 saturated carbocycles. The van der Waals surface area contributed by atoms with Crippen LogP contribution in [0.3, 0.4) is 0 Å². The molecule has 2 aromatic carbocycles. The van der Waals surface area contributed by atoms with E-state index in [0.29, 0.717) is 18.8 Å². The molecule has 7 nitrogen and oxygen atoms in total. The van der Waals surface area contributed by atoms with Crippen molar-refractivity contribution >= 4 is 11.6 Å². The zero-order valence-electron chi connectivity index (χ0n) is 23.0. The number of nitrogens with one attached hydrogen (secondary N) is 1. The summed E-state index contributed by atoms with van der Waals surface area (Å²) >= 11 is 0. The van der Waals surface area contributed by atoms with Crippen molar-refractivity contribution in [2.24, 2.45) is 10.9 Å². The first-order valence-electron chi connectivity index (χ1n) is 13.2. The molecule has 7 heteroatoms. The number of benzene rings is 2. The third kappa shape index (κ3) is 4.93. The lowest BCUT2D eigenvalue weighted by Crippen LogP contribution is -2.23. The highest BCUT2D eigenvalue weighted by Crippen LogP contribution is 2.32. The average molecular weight is 510 g/mol. The maximum absolute atomic E-state index is 12.1. The SMILES string of the molecule is CNC(=O)CCC1N=C(c2ccc(-c3c(C)noc3C)cc2)c2cc(-n3nc(C)cc3C)ccc2CC1C. The standard InChI is InChI=1S/C31H35N5O2/c1-18-15-25-11-12-26(36-20(3)16-19(2)34-36)17-27(25)31(33-28(18)13-14-29(37)32-6)24-9-7-23(8-10-24)30-21(4)35-38-22(30)5/h7-12,16-18,28H,13-15H2,1-6H3,(H,32,37). The lowest BCUT2D eigenvalue weighted by atomic mass is 9.89. The Balaban J connectivity index is 1.61. The Kier molecular flexibility index (Phi) is 7.02. The molecule has 1 amide bonds. The van der Waals surface area contributed by atoms with Crippen molar-refractivity contribution in [1.82, 2.24) is 20.3 Å². The van der Waals surface area contributed by atoms with Crippen LogP contribution in [-0.4, -0.2) is 39.6 Å². The number of aliphatic imine (C=N–C) groups is 1. The Morgan fingerprint density at radius 2 is 1.79 bits per heavy atom. The Morgan fingerprint density at radius 3 is 2.42 bits per heavy atom. The summed E-state index contributed by atoms with van der Waals surface area (Å²) in [5.41, 5.74) is 10.5. The van der Waals surface area contributed by atoms with Gasteiger partial charge in [-0.05, 0) is 75.8 Å². The molecule has 0 bridgehead atoms. The monoisotopic (exact) mass is 509 g/mol. The molecule has 3 heterocycles. The van der Waals surface area contributed by atoms with Gasteiger partial charge in [-0.2, -0.15) is 5.10 Å². The summed E-state index contributed by atoms with van der Waals surface area (Å²) in [6.45, 7) is 10.2. The summed E-state index contributed by atoms with van der Waals surface area (Å²) in [5, 5.41) is 11.6. The Bertz CT molecular complexity index is 1490. The van der Waals surface area contributed by atoms with Gasteiger partial charge in [-0.15, -0.1) is 0 Å². The van der Waals surface area contributed by atoms with Crippen molar-refractivity contribution in [2.75, 3.05) is 7.05 Å². The predicted octanol–water partition coefficient (Wildman–Crippen LogP) is 5.69. The second-order valence-electron chi connectivity index (χ2n) is 10.4. The van der Waals surface area contributed by atoms with E-state index >= 15 is 0 Å². The van der Waals surface area contributed by atoms with Crippen molar-refractivity contribution in [1.29, 1.82) is 0 Å². The summed E-state index contributed by atoms with van der Waals surface area (Å²) in [7, 11) is 1.68. The van der Waals surface area contributed by atoms with Gasteiger partial charge in [-0.25, -0.2) is 4.68 Å². The molecule has 0 saturated heterocycles. The van der Waals surface area contributed by atoms with Gasteiger partial charge in [0.1, 0.15) is 5.76 Å². The molecule has 4 aromatic rings. The van der Waals surface area contributed by atoms with E-state index in [-0.39, 0.29) is 11.9 Å². The molecule has 2 unspecified atom stereocenters. The number of carbonyl (C=O) groups excluding carboxylic acids is 1. The molecule has 38 heavy (non-hydrogen) atoms. The largest absolute Gasteiger partial charge is 0.361 e. The second kappa shape index (κ2) is 10.4. The van der Waals surface area contributed by atoms with E-state index in [1.165, 1.54) is 5.56 Å². The number of aromatic nitrogens is 3. The molecule has 0 radical (unpaired) electrons. The van der Waals surface area contributed by atoms with Crippen LogP contribution in [0.1, 0.15) is 59.3 Å². The summed E-state index contributed by atoms with van der Waals surface area (Å²) in [6.07, 6.45) is 2.07. The quantitative estimate of drug-likeness (QED) is 0.362. The van der Waals surface area contributed by atoms with Crippen LogP contribution < -0.4 is 5.32 Å². The minimum Gasteiger partial charge on any atom is -0.361 e. The molecular formula is C31H35N5O2. The van der Waals surface area contributed by atoms with E-state index < -0.39 is 0 Å². The fourth-order valence-corrected chi connectivity index (χ4v) is 5.50. The van der Waals surface area contributed by atoms with Crippen LogP contribution in [-0.2, 0) is 11.2 Å². The summed E-state index contributed by atoms with van der Waals surface area (Å²) in [5.74, 6) is 1.16. The maximum atomic E-state index is 12.1. The van der Waals surface area contributed by atoms with Gasteiger partial charge in [0, 0.05) is 35.9 Å². The van der Waals surface area contributed by atoms with Crippen LogP contribution in [0.15, 0.2) is 58.0 Å². The van der Waals surface area contributed by atoms with E-state index in [0.717, 1.165) is 62.9 Å². The molecule has 1 N–H and O–H groups in total. The molecule has 1 aliphatic rings. The summed E-state index contributed by atoms with van der Waals surface area (Å²) in [4.78, 5) is 17.4. The molecule has 196 valence electrons. The van der Waals surface area contributed by atoms with Crippen LogP contribution in [0.2, 0.25) is 0 Å². The normalized spacial score (nSPS) is 17.1. The van der Waals surface area contributed by atoms with Gasteiger partial charge in [-0.1, -0.05) is 42.4 Å². The average Bonchev–Trinajstić information content (AvgIpc) is 3.38. The van der Waals surface area contributed by atoms with Crippen LogP contribution in [0, 0.1) is 33.6 Å². The van der Waals surface area contributed by atoms with Crippen LogP contribution >= 0.6 is 0 Å². The van der Waals surface area contributed by atoms with Gasteiger partial charge >= 0.3 is 0 Å². The fraction of sp³-hybridized carbons (Fsp3) is 0.355. The van der Waals surface area contributed by atoms with Gasteiger partial charge in [0.2, 0.25) is 5.91 Å². The predicted molar refractivity (Wildman–Crippen MR) is 150 cm³/mol. The van der Waals surface area contributed by atoms with Gasteiger partial charge < -0.3 is 9.84 Å². The number of nitrogens with zero attached hydrogens (tertiary/aromatic N) is 4. The van der Waals surface area contributed by atoms with E-state index in [4.69, 9.17) is 14.6 Å². The Morgan fingerprint density at radius 1 is 1.05 bits per heavy atom. The minimum absolute atomic E-state index is 0.0362. The second-order valence-corrected chi connectivity index (χ2v) is 10.4.